The summed E-state index contributed by atoms with van der Waals surface area (Å²) in [4.78, 5) is 14.8. The van der Waals surface area contributed by atoms with Gasteiger partial charge in [-0.25, -0.2) is 0 Å². The zero-order valence-corrected chi connectivity index (χ0v) is 13.8. The van der Waals surface area contributed by atoms with Crippen molar-refractivity contribution >= 4 is 16.7 Å². The zero-order valence-electron chi connectivity index (χ0n) is 13.0. The molecule has 0 heterocycles. The molecule has 0 N–H and O–H groups in total. The summed E-state index contributed by atoms with van der Waals surface area (Å²) in [6, 6.07) is 17.5. The van der Waals surface area contributed by atoms with Gasteiger partial charge in [-0.15, -0.1) is 0 Å². The van der Waals surface area contributed by atoms with Crippen LogP contribution in [0.2, 0.25) is 0 Å². The summed E-state index contributed by atoms with van der Waals surface area (Å²) in [5.74, 6) is 0.0984. The van der Waals surface area contributed by atoms with Crippen LogP contribution in [0, 0.1) is 0 Å². The van der Waals surface area contributed by atoms with Gasteiger partial charge in [0, 0.05) is 35.5 Å². The van der Waals surface area contributed by atoms with Crippen molar-refractivity contribution in [3.05, 3.63) is 65.7 Å². The molecule has 2 aromatic rings. The maximum atomic E-state index is 12.2. The predicted octanol–water partition coefficient (Wildman–Crippen LogP) is 2.67. The molecule has 1 amide bonds. The van der Waals surface area contributed by atoms with Gasteiger partial charge in [0.2, 0.25) is 5.91 Å². The molecule has 0 bridgehead atoms. The van der Waals surface area contributed by atoms with Crippen LogP contribution in [-0.2, 0) is 28.4 Å². The fourth-order valence-electron chi connectivity index (χ4n) is 2.17. The van der Waals surface area contributed by atoms with Gasteiger partial charge in [0.25, 0.3) is 0 Å². The van der Waals surface area contributed by atoms with E-state index in [1.807, 2.05) is 49.5 Å². The molecule has 4 heteroatoms. The van der Waals surface area contributed by atoms with Gasteiger partial charge in [-0.1, -0.05) is 42.5 Å². The molecule has 2 aromatic carbocycles. The Bertz CT molecular complexity index is 638. The van der Waals surface area contributed by atoms with Crippen molar-refractivity contribution in [1.29, 1.82) is 0 Å². The summed E-state index contributed by atoms with van der Waals surface area (Å²) < 4.78 is 11.3. The Morgan fingerprint density at radius 3 is 2.23 bits per heavy atom. The van der Waals surface area contributed by atoms with Crippen molar-refractivity contribution < 1.29 is 9.00 Å². The molecule has 0 aliphatic carbocycles. The third-order valence-electron chi connectivity index (χ3n) is 3.62. The van der Waals surface area contributed by atoms with Gasteiger partial charge >= 0.3 is 0 Å². The van der Waals surface area contributed by atoms with Crippen molar-refractivity contribution in [3.63, 3.8) is 0 Å². The third-order valence-corrected chi connectivity index (χ3v) is 4.55. The molecule has 116 valence electrons. The van der Waals surface area contributed by atoms with E-state index in [0.29, 0.717) is 13.0 Å². The third kappa shape index (κ3) is 4.81. The van der Waals surface area contributed by atoms with E-state index in [1.165, 1.54) is 5.56 Å². The Kier molecular flexibility index (Phi) is 5.90. The van der Waals surface area contributed by atoms with Crippen molar-refractivity contribution in [2.24, 2.45) is 0 Å². The molecular weight excluding hydrogens is 294 g/mol. The second-order valence-electron chi connectivity index (χ2n) is 5.33. The first-order valence-corrected chi connectivity index (χ1v) is 8.82. The maximum absolute atomic E-state index is 12.2. The first-order valence-electron chi connectivity index (χ1n) is 7.26. The highest BCUT2D eigenvalue weighted by Gasteiger charge is 2.10. The highest BCUT2D eigenvalue weighted by Crippen LogP contribution is 2.09. The highest BCUT2D eigenvalue weighted by atomic mass is 32.2. The number of amides is 1. The largest absolute Gasteiger partial charge is 0.345 e. The first kappa shape index (κ1) is 16.4. The van der Waals surface area contributed by atoms with Crippen LogP contribution in [0.3, 0.4) is 0 Å². The van der Waals surface area contributed by atoms with Crippen LogP contribution in [0.5, 0.6) is 0 Å². The molecule has 0 saturated heterocycles. The van der Waals surface area contributed by atoms with Gasteiger partial charge in [-0.2, -0.15) is 0 Å². The van der Waals surface area contributed by atoms with E-state index in [9.17, 15) is 9.00 Å². The number of carbonyl (C=O) groups excluding carboxylic acids is 1. The van der Waals surface area contributed by atoms with Gasteiger partial charge < -0.3 is 4.90 Å². The average molecular weight is 315 g/mol. The van der Waals surface area contributed by atoms with Crippen molar-refractivity contribution in [2.75, 3.05) is 19.8 Å². The quantitative estimate of drug-likeness (QED) is 0.822. The number of hydrogen-bond donors (Lipinski definition) is 0. The number of likely N-dealkylation sites (N-methyl/N-ethyl adjacent to an activating group) is 1. The lowest BCUT2D eigenvalue weighted by Crippen LogP contribution is -2.30. The SMILES string of the molecule is CN(CCc1ccccc1)C(=O)Cc1ccc(S(C)=O)cc1. The molecule has 0 radical (unpaired) electrons. The number of rotatable bonds is 6. The summed E-state index contributed by atoms with van der Waals surface area (Å²) in [6.45, 7) is 0.708. The molecule has 1 atom stereocenters. The molecule has 3 nitrogen and oxygen atoms in total. The number of nitrogens with zero attached hydrogens (tertiary/aromatic N) is 1. The number of hydrogen-bond acceptors (Lipinski definition) is 2. The fraction of sp³-hybridized carbons (Fsp3) is 0.278. The Balaban J connectivity index is 1.87. The van der Waals surface area contributed by atoms with E-state index in [0.717, 1.165) is 16.9 Å². The maximum Gasteiger partial charge on any atom is 0.226 e. The molecule has 1 unspecified atom stereocenters. The van der Waals surface area contributed by atoms with Gasteiger partial charge in [0.05, 0.1) is 6.42 Å². The van der Waals surface area contributed by atoms with E-state index < -0.39 is 10.8 Å². The van der Waals surface area contributed by atoms with Crippen LogP contribution in [0.15, 0.2) is 59.5 Å². The zero-order chi connectivity index (χ0) is 15.9. The number of carbonyl (C=O) groups is 1. The van der Waals surface area contributed by atoms with Crippen molar-refractivity contribution in [3.8, 4) is 0 Å². The molecule has 0 spiro atoms. The Morgan fingerprint density at radius 1 is 1.00 bits per heavy atom. The van der Waals surface area contributed by atoms with E-state index in [1.54, 1.807) is 11.2 Å². The number of benzene rings is 2. The van der Waals surface area contributed by atoms with E-state index in [2.05, 4.69) is 12.1 Å². The second-order valence-corrected chi connectivity index (χ2v) is 6.71. The van der Waals surface area contributed by atoms with Crippen LogP contribution < -0.4 is 0 Å². The minimum atomic E-state index is -0.978. The average Bonchev–Trinajstić information content (AvgIpc) is 2.54. The minimum absolute atomic E-state index is 0.0984. The second kappa shape index (κ2) is 7.90. The molecule has 2 rings (SSSR count). The molecular formula is C18H21NO2S. The van der Waals surface area contributed by atoms with E-state index in [4.69, 9.17) is 0 Å². The standard InChI is InChI=1S/C18H21NO2S/c1-19(13-12-15-6-4-3-5-7-15)18(20)14-16-8-10-17(11-9-16)22(2)21/h3-11H,12-14H2,1-2H3. The molecule has 0 aliphatic heterocycles. The molecule has 0 fully saturated rings. The van der Waals surface area contributed by atoms with Gasteiger partial charge in [0.15, 0.2) is 0 Å². The van der Waals surface area contributed by atoms with Gasteiger partial charge in [-0.05, 0) is 29.7 Å². The molecule has 0 saturated carbocycles. The van der Waals surface area contributed by atoms with Crippen LogP contribution in [0.25, 0.3) is 0 Å². The van der Waals surface area contributed by atoms with E-state index >= 15 is 0 Å². The van der Waals surface area contributed by atoms with Crippen molar-refractivity contribution in [2.45, 2.75) is 17.7 Å². The molecule has 22 heavy (non-hydrogen) atoms. The fourth-order valence-corrected chi connectivity index (χ4v) is 2.69. The normalized spacial score (nSPS) is 11.9. The molecule has 0 aliphatic rings. The van der Waals surface area contributed by atoms with Crippen LogP contribution >= 0.6 is 0 Å². The topological polar surface area (TPSA) is 37.4 Å². The van der Waals surface area contributed by atoms with Crippen LogP contribution in [0.4, 0.5) is 0 Å². The van der Waals surface area contributed by atoms with Gasteiger partial charge in [-0.3, -0.25) is 9.00 Å². The summed E-state index contributed by atoms with van der Waals surface area (Å²) in [6.07, 6.45) is 2.89. The highest BCUT2D eigenvalue weighted by molar-refractivity contribution is 7.84. The Labute approximate surface area is 134 Å². The minimum Gasteiger partial charge on any atom is -0.345 e. The summed E-state index contributed by atoms with van der Waals surface area (Å²) >= 11 is 0. The first-order chi connectivity index (χ1) is 10.6. The summed E-state index contributed by atoms with van der Waals surface area (Å²) in [7, 11) is 0.856. The van der Waals surface area contributed by atoms with Crippen molar-refractivity contribution in [1.82, 2.24) is 4.90 Å². The Morgan fingerprint density at radius 2 is 1.64 bits per heavy atom. The van der Waals surface area contributed by atoms with E-state index in [-0.39, 0.29) is 5.91 Å². The van der Waals surface area contributed by atoms with Crippen LogP contribution in [-0.4, -0.2) is 34.9 Å². The lowest BCUT2D eigenvalue weighted by Gasteiger charge is -2.17. The predicted molar refractivity (Wildman–Crippen MR) is 90.3 cm³/mol. The lowest BCUT2D eigenvalue weighted by molar-refractivity contribution is -0.129. The Hall–Kier alpha value is -1.94. The van der Waals surface area contributed by atoms with Gasteiger partial charge in [0.1, 0.15) is 0 Å². The molecule has 0 aromatic heterocycles. The smallest absolute Gasteiger partial charge is 0.226 e. The lowest BCUT2D eigenvalue weighted by atomic mass is 10.1. The monoisotopic (exact) mass is 315 g/mol. The van der Waals surface area contributed by atoms with Crippen LogP contribution in [0.1, 0.15) is 11.1 Å². The summed E-state index contributed by atoms with van der Waals surface area (Å²) in [5.41, 5.74) is 2.18. The summed E-state index contributed by atoms with van der Waals surface area (Å²) in [5, 5.41) is 0.